The van der Waals surface area contributed by atoms with E-state index in [0.717, 1.165) is 18.4 Å². The molecule has 24 heavy (non-hydrogen) atoms. The van der Waals surface area contributed by atoms with Crippen LogP contribution in [-0.2, 0) is 4.79 Å². The summed E-state index contributed by atoms with van der Waals surface area (Å²) in [4.78, 5) is 16.0. The van der Waals surface area contributed by atoms with Crippen LogP contribution in [0.4, 0.5) is 8.78 Å². The lowest BCUT2D eigenvalue weighted by Gasteiger charge is -2.46. The minimum absolute atomic E-state index is 0.109. The minimum Gasteiger partial charge on any atom is -0.461 e. The van der Waals surface area contributed by atoms with Gasteiger partial charge in [0.1, 0.15) is 0 Å². The van der Waals surface area contributed by atoms with E-state index in [1.165, 1.54) is 6.92 Å². The van der Waals surface area contributed by atoms with Crippen molar-refractivity contribution in [2.24, 2.45) is 0 Å². The van der Waals surface area contributed by atoms with E-state index in [-0.39, 0.29) is 24.8 Å². The van der Waals surface area contributed by atoms with Gasteiger partial charge in [-0.15, -0.1) is 0 Å². The van der Waals surface area contributed by atoms with Crippen molar-refractivity contribution in [1.82, 2.24) is 15.6 Å². The fourth-order valence-corrected chi connectivity index (χ4v) is 3.08. The second-order valence-corrected chi connectivity index (χ2v) is 6.64. The molecule has 1 saturated heterocycles. The first-order valence-electron chi connectivity index (χ1n) is 8.43. The first-order valence-corrected chi connectivity index (χ1v) is 8.43. The molecule has 0 aromatic carbocycles. The lowest BCUT2D eigenvalue weighted by Crippen LogP contribution is -2.72. The van der Waals surface area contributed by atoms with E-state index < -0.39 is 17.7 Å². The van der Waals surface area contributed by atoms with Crippen molar-refractivity contribution >= 4 is 5.91 Å². The predicted molar refractivity (Wildman–Crippen MR) is 85.0 cm³/mol. The van der Waals surface area contributed by atoms with E-state index in [1.54, 1.807) is 19.2 Å². The number of pyridine rings is 1. The molecule has 2 atom stereocenters. The van der Waals surface area contributed by atoms with Gasteiger partial charge in [-0.2, -0.15) is 8.78 Å². The smallest absolute Gasteiger partial charge is 0.343 e. The Balaban J connectivity index is 1.91. The van der Waals surface area contributed by atoms with Crippen LogP contribution in [0.25, 0.3) is 0 Å². The van der Waals surface area contributed by atoms with Crippen LogP contribution in [-0.4, -0.2) is 35.1 Å². The first-order chi connectivity index (χ1) is 11.4. The number of alkyl halides is 2. The Morgan fingerprint density at radius 2 is 2.21 bits per heavy atom. The van der Waals surface area contributed by atoms with Crippen LogP contribution in [0, 0.1) is 0 Å². The fraction of sp³-hybridized carbons (Fsp3) is 0.647. The molecule has 1 aromatic heterocycles. The first kappa shape index (κ1) is 17.1. The van der Waals surface area contributed by atoms with Gasteiger partial charge in [-0.3, -0.25) is 10.1 Å². The summed E-state index contributed by atoms with van der Waals surface area (Å²) in [6, 6.07) is -0.418. The number of amides is 1. The van der Waals surface area contributed by atoms with Gasteiger partial charge >= 0.3 is 6.05 Å². The number of ether oxygens (including phenoxy) is 1. The molecule has 2 heterocycles. The molecule has 1 amide bonds. The Bertz CT molecular complexity index is 622. The molecule has 2 fully saturated rings. The molecule has 0 unspecified atom stereocenters. The number of halogens is 2. The van der Waals surface area contributed by atoms with E-state index in [9.17, 15) is 13.6 Å². The average Bonchev–Trinajstić information content (AvgIpc) is 3.37. The molecule has 7 heteroatoms. The van der Waals surface area contributed by atoms with Crippen LogP contribution < -0.4 is 15.4 Å². The van der Waals surface area contributed by atoms with Crippen LogP contribution in [0.15, 0.2) is 18.3 Å². The maximum Gasteiger partial charge on any atom is 0.343 e. The van der Waals surface area contributed by atoms with Gasteiger partial charge < -0.3 is 10.1 Å². The van der Waals surface area contributed by atoms with Crippen LogP contribution in [0.2, 0.25) is 0 Å². The molecule has 1 aromatic rings. The molecule has 0 spiro atoms. The molecule has 132 valence electrons. The molecule has 2 aliphatic rings. The second kappa shape index (κ2) is 6.27. The van der Waals surface area contributed by atoms with Crippen molar-refractivity contribution in [1.29, 1.82) is 0 Å². The van der Waals surface area contributed by atoms with Crippen molar-refractivity contribution < 1.29 is 18.3 Å². The number of carbonyl (C=O) groups excluding carboxylic acids is 1. The topological polar surface area (TPSA) is 63.2 Å². The third-order valence-corrected chi connectivity index (χ3v) is 4.85. The number of nitrogens with one attached hydrogen (secondary N) is 2. The van der Waals surface area contributed by atoms with Crippen LogP contribution >= 0.6 is 0 Å². The van der Waals surface area contributed by atoms with Gasteiger partial charge in [0.05, 0.1) is 6.04 Å². The Labute approximate surface area is 140 Å². The third kappa shape index (κ3) is 3.09. The van der Waals surface area contributed by atoms with E-state index in [0.29, 0.717) is 12.3 Å². The Morgan fingerprint density at radius 1 is 1.46 bits per heavy atom. The highest BCUT2D eigenvalue weighted by atomic mass is 19.3. The van der Waals surface area contributed by atoms with Gasteiger partial charge in [0.2, 0.25) is 17.4 Å². The summed E-state index contributed by atoms with van der Waals surface area (Å²) >= 11 is 0. The fourth-order valence-electron chi connectivity index (χ4n) is 3.08. The molecule has 3 rings (SSSR count). The normalized spacial score (nSPS) is 29.1. The van der Waals surface area contributed by atoms with Gasteiger partial charge in [-0.1, -0.05) is 13.0 Å². The molecular formula is C17H23F2N3O2. The van der Waals surface area contributed by atoms with E-state index in [4.69, 9.17) is 4.74 Å². The van der Waals surface area contributed by atoms with Crippen molar-refractivity contribution in [2.75, 3.05) is 6.54 Å². The molecule has 0 bridgehead atoms. The predicted octanol–water partition coefficient (Wildman–Crippen LogP) is 2.58. The third-order valence-electron chi connectivity index (χ3n) is 4.85. The monoisotopic (exact) mass is 339 g/mol. The highest BCUT2D eigenvalue weighted by Gasteiger charge is 2.60. The van der Waals surface area contributed by atoms with Crippen LogP contribution in [0.1, 0.15) is 51.0 Å². The quantitative estimate of drug-likeness (QED) is 0.810. The lowest BCUT2D eigenvalue weighted by atomic mass is 9.87. The van der Waals surface area contributed by atoms with E-state index in [2.05, 4.69) is 15.6 Å². The maximum atomic E-state index is 14.7. The van der Waals surface area contributed by atoms with Crippen molar-refractivity contribution in [2.45, 2.75) is 63.1 Å². The van der Waals surface area contributed by atoms with Gasteiger partial charge in [0, 0.05) is 24.7 Å². The van der Waals surface area contributed by atoms with Crippen molar-refractivity contribution in [3.05, 3.63) is 23.9 Å². The molecule has 1 aliphatic carbocycles. The van der Waals surface area contributed by atoms with E-state index >= 15 is 0 Å². The van der Waals surface area contributed by atoms with Crippen LogP contribution in [0.5, 0.6) is 5.88 Å². The number of nitrogens with zero attached hydrogens (tertiary/aromatic N) is 1. The molecular weight excluding hydrogens is 316 g/mol. The number of hydrogen-bond acceptors (Lipinski definition) is 4. The van der Waals surface area contributed by atoms with Gasteiger partial charge in [0.25, 0.3) is 0 Å². The molecule has 1 saturated carbocycles. The SMILES string of the molecule is CCC(=O)N[C@H]1CCNC(F)(F)[C@@]1(C)Oc1ncccc1C1CC1. The number of carbonyl (C=O) groups is 1. The summed E-state index contributed by atoms with van der Waals surface area (Å²) in [6.45, 7) is 3.14. The summed E-state index contributed by atoms with van der Waals surface area (Å²) in [6.07, 6.45) is 4.18. The van der Waals surface area contributed by atoms with Gasteiger partial charge in [0.15, 0.2) is 0 Å². The average molecular weight is 339 g/mol. The molecule has 2 N–H and O–H groups in total. The number of rotatable bonds is 5. The molecule has 5 nitrogen and oxygen atoms in total. The summed E-state index contributed by atoms with van der Waals surface area (Å²) in [5, 5.41) is 4.90. The van der Waals surface area contributed by atoms with Gasteiger partial charge in [-0.05, 0) is 38.2 Å². The highest BCUT2D eigenvalue weighted by molar-refractivity contribution is 5.76. The number of aromatic nitrogens is 1. The molecule has 1 aliphatic heterocycles. The maximum absolute atomic E-state index is 14.7. The zero-order chi connectivity index (χ0) is 17.4. The standard InChI is InChI=1S/C17H23F2N3O2/c1-3-14(23)22-13-8-10-21-17(18,19)16(13,2)24-15-12(11-6-7-11)5-4-9-20-15/h4-5,9,11,13,21H,3,6-8,10H2,1-2H3,(H,22,23)/t13-,16-/m0/s1. The Kier molecular flexibility index (Phi) is 4.46. The summed E-state index contributed by atoms with van der Waals surface area (Å²) in [5.41, 5.74) is -1.05. The lowest BCUT2D eigenvalue weighted by molar-refractivity contribution is -0.207. The number of hydrogen-bond donors (Lipinski definition) is 2. The largest absolute Gasteiger partial charge is 0.461 e. The van der Waals surface area contributed by atoms with Crippen molar-refractivity contribution in [3.8, 4) is 5.88 Å². The molecule has 0 radical (unpaired) electrons. The summed E-state index contributed by atoms with van der Waals surface area (Å²) < 4.78 is 35.2. The van der Waals surface area contributed by atoms with E-state index in [1.807, 2.05) is 6.07 Å². The second-order valence-electron chi connectivity index (χ2n) is 6.64. The summed E-state index contributed by atoms with van der Waals surface area (Å²) in [7, 11) is 0. The summed E-state index contributed by atoms with van der Waals surface area (Å²) in [5.74, 6) is 0.295. The zero-order valence-electron chi connectivity index (χ0n) is 13.9. The Hall–Kier alpha value is -1.76. The zero-order valence-corrected chi connectivity index (χ0v) is 13.9. The highest BCUT2D eigenvalue weighted by Crippen LogP contribution is 2.46. The minimum atomic E-state index is -3.28. The van der Waals surface area contributed by atoms with Crippen LogP contribution in [0.3, 0.4) is 0 Å². The Morgan fingerprint density at radius 3 is 2.88 bits per heavy atom. The van der Waals surface area contributed by atoms with Gasteiger partial charge in [-0.25, -0.2) is 4.98 Å². The number of piperidine rings is 1. The van der Waals surface area contributed by atoms with Crippen molar-refractivity contribution in [3.63, 3.8) is 0 Å².